The molecule has 0 aliphatic rings. The first kappa shape index (κ1) is 17.2. The van der Waals surface area contributed by atoms with E-state index in [-0.39, 0.29) is 23.5 Å². The maximum Gasteiger partial charge on any atom is 0.311 e. The predicted octanol–water partition coefficient (Wildman–Crippen LogP) is 2.63. The number of anilines is 2. The Morgan fingerprint density at radius 3 is 2.67 bits per heavy atom. The van der Waals surface area contributed by atoms with Crippen molar-refractivity contribution in [2.24, 2.45) is 5.41 Å². The monoisotopic (exact) mass is 296 g/mol. The fourth-order valence-electron chi connectivity index (χ4n) is 1.98. The molecule has 7 heteroatoms. The minimum atomic E-state index is -0.439. The fourth-order valence-corrected chi connectivity index (χ4v) is 1.98. The SMILES string of the molecule is CCNc1ccc([N+](=O)[O-])c(NCC(C)(C)CCCO)n1. The van der Waals surface area contributed by atoms with E-state index >= 15 is 0 Å². The smallest absolute Gasteiger partial charge is 0.311 e. The van der Waals surface area contributed by atoms with Crippen LogP contribution in [-0.4, -0.2) is 34.7 Å². The number of aliphatic hydroxyl groups is 1. The van der Waals surface area contributed by atoms with Gasteiger partial charge in [0, 0.05) is 25.8 Å². The van der Waals surface area contributed by atoms with E-state index in [0.717, 1.165) is 6.42 Å². The summed E-state index contributed by atoms with van der Waals surface area (Å²) < 4.78 is 0. The van der Waals surface area contributed by atoms with Gasteiger partial charge in [0.05, 0.1) is 4.92 Å². The second-order valence-electron chi connectivity index (χ2n) is 5.70. The van der Waals surface area contributed by atoms with Crippen LogP contribution in [0.25, 0.3) is 0 Å². The number of hydrogen-bond donors (Lipinski definition) is 3. The van der Waals surface area contributed by atoms with Crippen molar-refractivity contribution in [2.75, 3.05) is 30.3 Å². The summed E-state index contributed by atoms with van der Waals surface area (Å²) in [5, 5.41) is 26.1. The average molecular weight is 296 g/mol. The molecule has 7 nitrogen and oxygen atoms in total. The molecule has 0 saturated heterocycles. The third-order valence-corrected chi connectivity index (χ3v) is 3.17. The summed E-state index contributed by atoms with van der Waals surface area (Å²) in [5.41, 5.74) is -0.110. The number of aliphatic hydroxyl groups excluding tert-OH is 1. The van der Waals surface area contributed by atoms with Crippen LogP contribution in [0.4, 0.5) is 17.3 Å². The number of nitrogens with zero attached hydrogens (tertiary/aromatic N) is 2. The van der Waals surface area contributed by atoms with Gasteiger partial charge in [-0.05, 0) is 31.2 Å². The van der Waals surface area contributed by atoms with E-state index < -0.39 is 4.92 Å². The third-order valence-electron chi connectivity index (χ3n) is 3.17. The van der Waals surface area contributed by atoms with Crippen LogP contribution >= 0.6 is 0 Å². The standard InChI is InChI=1S/C14H24N4O3/c1-4-15-12-7-6-11(18(20)21)13(17-12)16-10-14(2,3)8-5-9-19/h6-7,19H,4-5,8-10H2,1-3H3,(H2,15,16,17). The van der Waals surface area contributed by atoms with Crippen molar-refractivity contribution in [3.05, 3.63) is 22.2 Å². The van der Waals surface area contributed by atoms with Gasteiger partial charge in [-0.1, -0.05) is 13.8 Å². The molecule has 0 fully saturated rings. The first-order valence-corrected chi connectivity index (χ1v) is 7.13. The molecule has 21 heavy (non-hydrogen) atoms. The lowest BCUT2D eigenvalue weighted by molar-refractivity contribution is -0.384. The molecule has 0 bridgehead atoms. The van der Waals surface area contributed by atoms with Gasteiger partial charge in [-0.15, -0.1) is 0 Å². The number of nitrogens with one attached hydrogen (secondary N) is 2. The maximum atomic E-state index is 11.1. The van der Waals surface area contributed by atoms with E-state index in [9.17, 15) is 10.1 Å². The lowest BCUT2D eigenvalue weighted by Gasteiger charge is -2.24. The Kier molecular flexibility index (Phi) is 6.36. The minimum Gasteiger partial charge on any atom is -0.396 e. The molecule has 1 aromatic rings. The molecule has 0 aromatic carbocycles. The molecule has 3 N–H and O–H groups in total. The van der Waals surface area contributed by atoms with Crippen molar-refractivity contribution in [2.45, 2.75) is 33.6 Å². The minimum absolute atomic E-state index is 0.0328. The summed E-state index contributed by atoms with van der Waals surface area (Å²) in [7, 11) is 0. The van der Waals surface area contributed by atoms with Crippen molar-refractivity contribution in [3.8, 4) is 0 Å². The second kappa shape index (κ2) is 7.78. The number of pyridine rings is 1. The van der Waals surface area contributed by atoms with Crippen LogP contribution in [0.1, 0.15) is 33.6 Å². The molecule has 1 aromatic heterocycles. The summed E-state index contributed by atoms with van der Waals surface area (Å²) in [4.78, 5) is 14.9. The first-order valence-electron chi connectivity index (χ1n) is 7.13. The van der Waals surface area contributed by atoms with Gasteiger partial charge in [-0.3, -0.25) is 10.1 Å². The lowest BCUT2D eigenvalue weighted by atomic mass is 9.88. The van der Waals surface area contributed by atoms with Crippen LogP contribution in [0, 0.1) is 15.5 Å². The van der Waals surface area contributed by atoms with E-state index in [1.54, 1.807) is 6.07 Å². The summed E-state index contributed by atoms with van der Waals surface area (Å²) in [5.74, 6) is 0.884. The Hall–Kier alpha value is -1.89. The van der Waals surface area contributed by atoms with Crippen molar-refractivity contribution < 1.29 is 10.0 Å². The van der Waals surface area contributed by atoms with Crippen LogP contribution in [-0.2, 0) is 0 Å². The second-order valence-corrected chi connectivity index (χ2v) is 5.70. The van der Waals surface area contributed by atoms with Gasteiger partial charge in [0.2, 0.25) is 5.82 Å². The molecule has 1 heterocycles. The van der Waals surface area contributed by atoms with Gasteiger partial charge in [0.1, 0.15) is 5.82 Å². The number of rotatable bonds is 9. The van der Waals surface area contributed by atoms with Gasteiger partial charge in [0.25, 0.3) is 0 Å². The topological polar surface area (TPSA) is 100 Å². The highest BCUT2D eigenvalue weighted by Gasteiger charge is 2.21. The number of aromatic nitrogens is 1. The molecule has 0 saturated carbocycles. The van der Waals surface area contributed by atoms with Crippen molar-refractivity contribution in [1.29, 1.82) is 0 Å². The Bertz CT molecular complexity index is 477. The van der Waals surface area contributed by atoms with Gasteiger partial charge in [-0.25, -0.2) is 4.98 Å². The Labute approximate surface area is 124 Å². The highest BCUT2D eigenvalue weighted by molar-refractivity contribution is 5.60. The normalized spacial score (nSPS) is 11.2. The van der Waals surface area contributed by atoms with Crippen LogP contribution in [0.2, 0.25) is 0 Å². The van der Waals surface area contributed by atoms with Gasteiger partial charge in [0.15, 0.2) is 0 Å². The molecule has 1 rings (SSSR count). The van der Waals surface area contributed by atoms with Crippen molar-refractivity contribution in [1.82, 2.24) is 4.98 Å². The molecule has 0 radical (unpaired) electrons. The van der Waals surface area contributed by atoms with Crippen LogP contribution in [0.3, 0.4) is 0 Å². The van der Waals surface area contributed by atoms with Crippen molar-refractivity contribution >= 4 is 17.3 Å². The fraction of sp³-hybridized carbons (Fsp3) is 0.643. The van der Waals surface area contributed by atoms with Gasteiger partial charge >= 0.3 is 5.69 Å². The summed E-state index contributed by atoms with van der Waals surface area (Å²) in [6, 6.07) is 3.05. The zero-order chi connectivity index (χ0) is 15.9. The van der Waals surface area contributed by atoms with E-state index in [0.29, 0.717) is 25.3 Å². The van der Waals surface area contributed by atoms with E-state index in [1.165, 1.54) is 6.07 Å². The molecule has 0 aliphatic heterocycles. The Balaban J connectivity index is 2.84. The molecule has 0 amide bonds. The third kappa shape index (κ3) is 5.55. The molecule has 118 valence electrons. The maximum absolute atomic E-state index is 11.1. The van der Waals surface area contributed by atoms with E-state index in [2.05, 4.69) is 29.5 Å². The van der Waals surface area contributed by atoms with Crippen molar-refractivity contribution in [3.63, 3.8) is 0 Å². The molecule has 0 aliphatic carbocycles. The van der Waals surface area contributed by atoms with Gasteiger partial charge in [-0.2, -0.15) is 0 Å². The Morgan fingerprint density at radius 2 is 2.10 bits per heavy atom. The summed E-state index contributed by atoms with van der Waals surface area (Å²) in [6.07, 6.45) is 1.54. The molecule has 0 atom stereocenters. The quantitative estimate of drug-likeness (QED) is 0.478. The summed E-state index contributed by atoms with van der Waals surface area (Å²) in [6.45, 7) is 7.44. The molecule has 0 unspecified atom stereocenters. The molecule has 0 spiro atoms. The van der Waals surface area contributed by atoms with E-state index in [1.807, 2.05) is 6.92 Å². The highest BCUT2D eigenvalue weighted by atomic mass is 16.6. The highest BCUT2D eigenvalue weighted by Crippen LogP contribution is 2.27. The number of nitro groups is 1. The van der Waals surface area contributed by atoms with E-state index in [4.69, 9.17) is 5.11 Å². The summed E-state index contributed by atoms with van der Waals surface area (Å²) >= 11 is 0. The lowest BCUT2D eigenvalue weighted by Crippen LogP contribution is -2.24. The largest absolute Gasteiger partial charge is 0.396 e. The molecular weight excluding hydrogens is 272 g/mol. The van der Waals surface area contributed by atoms with Gasteiger partial charge < -0.3 is 15.7 Å². The average Bonchev–Trinajstić information content (AvgIpc) is 2.43. The first-order chi connectivity index (χ1) is 9.89. The Morgan fingerprint density at radius 1 is 1.38 bits per heavy atom. The van der Waals surface area contributed by atoms with Crippen LogP contribution in [0.5, 0.6) is 0 Å². The number of hydrogen-bond acceptors (Lipinski definition) is 6. The molecular formula is C14H24N4O3. The van der Waals surface area contributed by atoms with Crippen LogP contribution < -0.4 is 10.6 Å². The zero-order valence-electron chi connectivity index (χ0n) is 12.8. The van der Waals surface area contributed by atoms with Crippen LogP contribution in [0.15, 0.2) is 12.1 Å². The predicted molar refractivity (Wildman–Crippen MR) is 83.6 cm³/mol. The zero-order valence-corrected chi connectivity index (χ0v) is 12.8.